The Bertz CT molecular complexity index is 1190. The third-order valence-corrected chi connectivity index (χ3v) is 8.22. The molecule has 284 valence electrons. The van der Waals surface area contributed by atoms with Gasteiger partial charge in [0.25, 0.3) is 0 Å². The number of amides is 5. The predicted molar refractivity (Wildman–Crippen MR) is 178 cm³/mol. The highest BCUT2D eigenvalue weighted by Crippen LogP contribution is 2.27. The van der Waals surface area contributed by atoms with E-state index in [9.17, 15) is 54.3 Å². The summed E-state index contributed by atoms with van der Waals surface area (Å²) in [5, 5.41) is 46.9. The quantitative estimate of drug-likeness (QED) is 0.0323. The first-order valence-corrected chi connectivity index (χ1v) is 17.4. The maximum atomic E-state index is 12.3. The van der Waals surface area contributed by atoms with Gasteiger partial charge in [-0.2, -0.15) is 0 Å². The number of rotatable bonds is 26. The normalized spacial score (nSPS) is 15.4. The van der Waals surface area contributed by atoms with Crippen LogP contribution in [0.15, 0.2) is 11.8 Å². The van der Waals surface area contributed by atoms with Gasteiger partial charge in [-0.15, -0.1) is 0 Å². The molecule has 0 saturated carbocycles. The average molecular weight is 713 g/mol. The highest BCUT2D eigenvalue weighted by Gasteiger charge is 2.44. The van der Waals surface area contributed by atoms with E-state index in [4.69, 9.17) is 0 Å². The monoisotopic (exact) mass is 712 g/mol. The predicted octanol–water partition coefficient (Wildman–Crippen LogP) is 1.42. The number of nitrogens with one attached hydrogen (secondary N) is 2. The lowest BCUT2D eigenvalue weighted by Gasteiger charge is -2.29. The Morgan fingerprint density at radius 3 is 1.58 bits per heavy atom. The van der Waals surface area contributed by atoms with Crippen molar-refractivity contribution in [1.29, 1.82) is 0 Å². The minimum absolute atomic E-state index is 0.0160. The summed E-state index contributed by atoms with van der Waals surface area (Å²) in [6.45, 7) is 5.65. The van der Waals surface area contributed by atoms with E-state index in [1.165, 1.54) is 24.9 Å². The second-order valence-electron chi connectivity index (χ2n) is 12.4. The van der Waals surface area contributed by atoms with E-state index >= 15 is 0 Å². The van der Waals surface area contributed by atoms with Gasteiger partial charge in [0, 0.05) is 84.5 Å². The molecule has 1 aliphatic rings. The van der Waals surface area contributed by atoms with Gasteiger partial charge in [-0.05, 0) is 64.7 Å². The number of hydroxylamine groups is 6. The van der Waals surface area contributed by atoms with E-state index in [2.05, 4.69) is 10.6 Å². The zero-order valence-electron chi connectivity index (χ0n) is 29.7. The molecule has 0 fully saturated rings. The van der Waals surface area contributed by atoms with Gasteiger partial charge in [0.1, 0.15) is 0 Å². The third-order valence-electron chi connectivity index (χ3n) is 8.22. The number of aliphatic hydroxyl groups is 1. The van der Waals surface area contributed by atoms with Crippen LogP contribution in [0.5, 0.6) is 0 Å². The fraction of sp³-hybridized carbons (Fsp3) is 0.727. The molecule has 0 saturated heterocycles. The summed E-state index contributed by atoms with van der Waals surface area (Å²) in [6.07, 6.45) is 6.24. The van der Waals surface area contributed by atoms with Crippen molar-refractivity contribution in [3.63, 3.8) is 0 Å². The molecule has 17 heteroatoms. The molecule has 17 nitrogen and oxygen atoms in total. The van der Waals surface area contributed by atoms with Crippen LogP contribution in [0.4, 0.5) is 0 Å². The van der Waals surface area contributed by atoms with Crippen LogP contribution in [-0.4, -0.2) is 127 Å². The Balaban J connectivity index is 2.08. The van der Waals surface area contributed by atoms with Gasteiger partial charge in [-0.25, -0.2) is 15.2 Å². The maximum Gasteiger partial charge on any atom is 0.246 e. The van der Waals surface area contributed by atoms with Gasteiger partial charge in [0.05, 0.1) is 5.57 Å². The molecule has 0 aliphatic carbocycles. The fourth-order valence-electron chi connectivity index (χ4n) is 4.98. The lowest BCUT2D eigenvalue weighted by Crippen LogP contribution is -2.46. The lowest BCUT2D eigenvalue weighted by atomic mass is 10.0. The number of hydrogen-bond acceptors (Lipinski definition) is 12. The van der Waals surface area contributed by atoms with E-state index in [1.54, 1.807) is 6.92 Å². The molecule has 0 spiro atoms. The number of carbonyl (C=O) groups excluding carboxylic acids is 7. The summed E-state index contributed by atoms with van der Waals surface area (Å²) in [7, 11) is 0. The van der Waals surface area contributed by atoms with Crippen molar-refractivity contribution in [2.24, 2.45) is 0 Å². The Labute approximate surface area is 293 Å². The van der Waals surface area contributed by atoms with Crippen LogP contribution in [0.3, 0.4) is 0 Å². The van der Waals surface area contributed by atoms with E-state index in [0.717, 1.165) is 0 Å². The van der Waals surface area contributed by atoms with Gasteiger partial charge < -0.3 is 20.6 Å². The number of Topliss-reactive ketones (excluding diaryl/α,β-unsaturated/α-hetero) is 2. The van der Waals surface area contributed by atoms with Crippen LogP contribution < -0.4 is 10.6 Å². The maximum absolute atomic E-state index is 12.3. The molecule has 0 aromatic carbocycles. The first-order chi connectivity index (χ1) is 23.6. The van der Waals surface area contributed by atoms with Crippen LogP contribution in [0.25, 0.3) is 0 Å². The summed E-state index contributed by atoms with van der Waals surface area (Å²) in [5.74, 6) is -3.22. The molecular formula is C33H56N6O11. The number of unbranched alkanes of at least 4 members (excludes halogenated alkanes) is 6. The summed E-state index contributed by atoms with van der Waals surface area (Å²) in [4.78, 5) is 84.8. The fourth-order valence-corrected chi connectivity index (χ4v) is 4.98. The zero-order valence-corrected chi connectivity index (χ0v) is 29.7. The van der Waals surface area contributed by atoms with Gasteiger partial charge in [-0.3, -0.25) is 49.2 Å². The second kappa shape index (κ2) is 23.5. The van der Waals surface area contributed by atoms with Crippen molar-refractivity contribution in [2.75, 3.05) is 39.3 Å². The Morgan fingerprint density at radius 1 is 0.700 bits per heavy atom. The van der Waals surface area contributed by atoms with Gasteiger partial charge in [-0.1, -0.05) is 6.92 Å². The Hall–Kier alpha value is -3.93. The minimum Gasteiger partial charge on any atom is -0.364 e. The third kappa shape index (κ3) is 16.7. The molecule has 0 bridgehead atoms. The number of hydrogen-bond donors (Lipinski definition) is 6. The largest absolute Gasteiger partial charge is 0.364 e. The van der Waals surface area contributed by atoms with Crippen molar-refractivity contribution in [1.82, 2.24) is 30.7 Å². The van der Waals surface area contributed by atoms with Gasteiger partial charge >= 0.3 is 0 Å². The van der Waals surface area contributed by atoms with Gasteiger partial charge in [0.15, 0.2) is 11.5 Å². The zero-order chi connectivity index (χ0) is 37.7. The van der Waals surface area contributed by atoms with E-state index in [-0.39, 0.29) is 74.9 Å². The van der Waals surface area contributed by atoms with Crippen molar-refractivity contribution in [2.45, 2.75) is 116 Å². The summed E-state index contributed by atoms with van der Waals surface area (Å²) < 4.78 is 0. The topological polar surface area (TPSA) is 237 Å². The standard InChI is InChI=1S/C33H56N6O11/c1-4-27(41)26-24-36(33(3,47)32(26)46)20-10-7-13-23-39(50)31(45)17-15-29(43)35-19-9-6-12-22-38(49)30(44)16-14-28(42)34-18-8-5-11-21-37(48)25(2)40/h24,47-50H,4-23H2,1-3H3,(H,34,42)(H,35,43). The van der Waals surface area contributed by atoms with Crippen molar-refractivity contribution in [3.05, 3.63) is 11.8 Å². The molecule has 6 N–H and O–H groups in total. The molecule has 1 rings (SSSR count). The van der Waals surface area contributed by atoms with Crippen molar-refractivity contribution >= 4 is 41.1 Å². The number of ketones is 2. The highest BCUT2D eigenvalue weighted by molar-refractivity contribution is 6.23. The first kappa shape index (κ1) is 44.1. The highest BCUT2D eigenvalue weighted by atomic mass is 16.5. The summed E-state index contributed by atoms with van der Waals surface area (Å²) >= 11 is 0. The lowest BCUT2D eigenvalue weighted by molar-refractivity contribution is -0.166. The molecule has 1 unspecified atom stereocenters. The van der Waals surface area contributed by atoms with Crippen LogP contribution in [-0.2, 0) is 33.6 Å². The smallest absolute Gasteiger partial charge is 0.246 e. The van der Waals surface area contributed by atoms with Crippen molar-refractivity contribution < 1.29 is 54.3 Å². The SMILES string of the molecule is CCC(=O)C1=CN(CCCCCN(O)C(=O)CCC(=O)NCCCCCN(O)C(=O)CCC(=O)NCCCCCN(O)C(C)=O)C(C)(O)C1=O. The minimum atomic E-state index is -1.78. The second-order valence-corrected chi connectivity index (χ2v) is 12.4. The molecule has 1 aliphatic heterocycles. The molecule has 1 heterocycles. The number of carbonyl (C=O) groups is 7. The van der Waals surface area contributed by atoms with E-state index in [0.29, 0.717) is 92.6 Å². The van der Waals surface area contributed by atoms with E-state index < -0.39 is 29.2 Å². The number of nitrogens with zero attached hydrogens (tertiary/aromatic N) is 4. The molecule has 0 aromatic rings. The van der Waals surface area contributed by atoms with Crippen molar-refractivity contribution in [3.8, 4) is 0 Å². The average Bonchev–Trinajstić information content (AvgIpc) is 3.31. The molecule has 0 aromatic heterocycles. The Kier molecular flexibility index (Phi) is 20.7. The van der Waals surface area contributed by atoms with Crippen LogP contribution in [0, 0.1) is 0 Å². The first-order valence-electron chi connectivity index (χ1n) is 17.4. The van der Waals surface area contributed by atoms with Crippen LogP contribution >= 0.6 is 0 Å². The Morgan fingerprint density at radius 2 is 1.14 bits per heavy atom. The van der Waals surface area contributed by atoms with E-state index in [1.807, 2.05) is 0 Å². The molecule has 5 amide bonds. The van der Waals surface area contributed by atoms with Gasteiger partial charge in [0.2, 0.25) is 35.3 Å². The van der Waals surface area contributed by atoms with Crippen LogP contribution in [0.2, 0.25) is 0 Å². The summed E-state index contributed by atoms with van der Waals surface area (Å²) in [6, 6.07) is 0. The van der Waals surface area contributed by atoms with Crippen LogP contribution in [0.1, 0.15) is 111 Å². The molecule has 50 heavy (non-hydrogen) atoms. The molecule has 1 atom stereocenters. The summed E-state index contributed by atoms with van der Waals surface area (Å²) in [5.41, 5.74) is -1.80. The molecular weight excluding hydrogens is 656 g/mol. The molecule has 0 radical (unpaired) electrons.